The Morgan fingerprint density at radius 2 is 1.89 bits per heavy atom. The van der Waals surface area contributed by atoms with Gasteiger partial charge >= 0.3 is 0 Å². The number of benzene rings is 2. The third-order valence-corrected chi connectivity index (χ3v) is 5.54. The molecule has 1 atom stereocenters. The molecule has 0 fully saturated rings. The normalized spacial score (nSPS) is 12.1. The molecule has 0 aliphatic carbocycles. The summed E-state index contributed by atoms with van der Waals surface area (Å²) in [4.78, 5) is 26.7. The van der Waals surface area contributed by atoms with E-state index in [0.717, 1.165) is 0 Å². The number of halogens is 1. The van der Waals surface area contributed by atoms with E-state index in [0.29, 0.717) is 40.4 Å². The molecular weight excluding hydrogens is 451 g/mol. The van der Waals surface area contributed by atoms with E-state index >= 15 is 0 Å². The van der Waals surface area contributed by atoms with E-state index in [1.54, 1.807) is 49.4 Å². The van der Waals surface area contributed by atoms with Gasteiger partial charge in [-0.1, -0.05) is 31.2 Å². The van der Waals surface area contributed by atoms with E-state index < -0.39 is 11.9 Å². The SMILES string of the molecule is CC[C@H](Nc1ncnc(N)c1-c1nnc(C)o1)c1nc2ccccc2c(=O)n1-c1ccccc1F. The van der Waals surface area contributed by atoms with Crippen LogP contribution in [-0.2, 0) is 0 Å². The van der Waals surface area contributed by atoms with Crippen molar-refractivity contribution in [3.05, 3.63) is 82.7 Å². The second-order valence-corrected chi connectivity index (χ2v) is 7.79. The molecule has 3 aromatic heterocycles. The van der Waals surface area contributed by atoms with Crippen LogP contribution in [0.3, 0.4) is 0 Å². The van der Waals surface area contributed by atoms with Crippen molar-refractivity contribution in [2.75, 3.05) is 11.1 Å². The van der Waals surface area contributed by atoms with Crippen molar-refractivity contribution in [2.45, 2.75) is 26.3 Å². The van der Waals surface area contributed by atoms with E-state index in [1.807, 2.05) is 6.92 Å². The maximum atomic E-state index is 14.9. The van der Waals surface area contributed by atoms with Gasteiger partial charge in [0.2, 0.25) is 5.89 Å². The Morgan fingerprint density at radius 1 is 1.11 bits per heavy atom. The summed E-state index contributed by atoms with van der Waals surface area (Å²) in [6, 6.07) is 12.5. The Labute approximate surface area is 198 Å². The molecule has 35 heavy (non-hydrogen) atoms. The highest BCUT2D eigenvalue weighted by Gasteiger charge is 2.25. The Balaban J connectivity index is 1.71. The van der Waals surface area contributed by atoms with Gasteiger partial charge in [-0.2, -0.15) is 0 Å². The molecule has 5 rings (SSSR count). The second kappa shape index (κ2) is 8.93. The van der Waals surface area contributed by atoms with Crippen LogP contribution in [0.5, 0.6) is 0 Å². The van der Waals surface area contributed by atoms with E-state index in [4.69, 9.17) is 15.1 Å². The minimum absolute atomic E-state index is 0.0981. The van der Waals surface area contributed by atoms with E-state index in [-0.39, 0.29) is 23.0 Å². The van der Waals surface area contributed by atoms with Gasteiger partial charge in [-0.15, -0.1) is 10.2 Å². The van der Waals surface area contributed by atoms with Crippen molar-refractivity contribution >= 4 is 22.5 Å². The first-order chi connectivity index (χ1) is 17.0. The van der Waals surface area contributed by atoms with E-state index in [9.17, 15) is 9.18 Å². The quantitative estimate of drug-likeness (QED) is 0.378. The standard InChI is InChI=1S/C24H21FN8O2/c1-3-16(29-21-19(20(26)27-12-28-21)23-32-31-13(2)35-23)22-30-17-10-6-4-8-14(17)24(34)33(22)18-11-7-5-9-15(18)25/h4-12,16H,3H2,1-2H3,(H3,26,27,28,29)/t16-/m0/s1. The number of rotatable bonds is 6. The van der Waals surface area contributed by atoms with Crippen LogP contribution in [0.15, 0.2) is 64.1 Å². The molecule has 176 valence electrons. The summed E-state index contributed by atoms with van der Waals surface area (Å²) < 4.78 is 21.7. The maximum Gasteiger partial charge on any atom is 0.266 e. The summed E-state index contributed by atoms with van der Waals surface area (Å²) in [5.74, 6) is 0.721. The van der Waals surface area contributed by atoms with Crippen LogP contribution in [-0.4, -0.2) is 29.7 Å². The lowest BCUT2D eigenvalue weighted by molar-refractivity contribution is 0.532. The topological polar surface area (TPSA) is 138 Å². The number of nitrogen functional groups attached to an aromatic ring is 1. The summed E-state index contributed by atoms with van der Waals surface area (Å²) in [6.45, 7) is 3.57. The number of nitrogens with zero attached hydrogens (tertiary/aromatic N) is 6. The first-order valence-corrected chi connectivity index (χ1v) is 10.9. The zero-order chi connectivity index (χ0) is 24.5. The van der Waals surface area contributed by atoms with Crippen molar-refractivity contribution < 1.29 is 8.81 Å². The summed E-state index contributed by atoms with van der Waals surface area (Å²) >= 11 is 0. The number of para-hydroxylation sites is 2. The molecule has 0 aliphatic rings. The predicted molar refractivity (Wildman–Crippen MR) is 128 cm³/mol. The van der Waals surface area contributed by atoms with Crippen LogP contribution < -0.4 is 16.6 Å². The average Bonchev–Trinajstić information content (AvgIpc) is 3.29. The van der Waals surface area contributed by atoms with E-state index in [1.165, 1.54) is 17.0 Å². The predicted octanol–water partition coefficient (Wildman–Crippen LogP) is 3.82. The third-order valence-electron chi connectivity index (χ3n) is 5.54. The third kappa shape index (κ3) is 3.97. The molecule has 0 radical (unpaired) electrons. The summed E-state index contributed by atoms with van der Waals surface area (Å²) in [6.07, 6.45) is 1.78. The van der Waals surface area contributed by atoms with Gasteiger partial charge < -0.3 is 15.5 Å². The fourth-order valence-corrected chi connectivity index (χ4v) is 3.88. The molecule has 5 aromatic rings. The maximum absolute atomic E-state index is 14.9. The average molecular weight is 472 g/mol. The lowest BCUT2D eigenvalue weighted by Gasteiger charge is -2.23. The monoisotopic (exact) mass is 472 g/mol. The van der Waals surface area contributed by atoms with Gasteiger partial charge in [0.15, 0.2) is 0 Å². The van der Waals surface area contributed by atoms with E-state index in [2.05, 4.69) is 25.5 Å². The molecule has 0 saturated heterocycles. The van der Waals surface area contributed by atoms with Crippen LogP contribution in [0.1, 0.15) is 31.1 Å². The number of hydrogen-bond acceptors (Lipinski definition) is 9. The fourth-order valence-electron chi connectivity index (χ4n) is 3.88. The van der Waals surface area contributed by atoms with Crippen LogP contribution in [0.2, 0.25) is 0 Å². The first-order valence-electron chi connectivity index (χ1n) is 10.9. The Bertz CT molecular complexity index is 1600. The molecular formula is C24H21FN8O2. The van der Waals surface area contributed by atoms with Crippen molar-refractivity contribution in [1.29, 1.82) is 0 Å². The number of nitrogens with one attached hydrogen (secondary N) is 1. The van der Waals surface area contributed by atoms with Gasteiger partial charge in [-0.3, -0.25) is 9.36 Å². The number of anilines is 2. The minimum atomic E-state index is -0.566. The van der Waals surface area contributed by atoms with Crippen molar-refractivity contribution in [3.8, 4) is 17.1 Å². The first kappa shape index (κ1) is 22.1. The number of hydrogen-bond donors (Lipinski definition) is 2. The lowest BCUT2D eigenvalue weighted by atomic mass is 10.1. The van der Waals surface area contributed by atoms with Gasteiger partial charge in [-0.05, 0) is 30.7 Å². The molecule has 0 unspecified atom stereocenters. The van der Waals surface area contributed by atoms with Crippen LogP contribution in [0.4, 0.5) is 16.0 Å². The molecule has 0 aliphatic heterocycles. The molecule has 2 aromatic carbocycles. The summed E-state index contributed by atoms with van der Waals surface area (Å²) in [7, 11) is 0. The van der Waals surface area contributed by atoms with Gasteiger partial charge in [0.1, 0.15) is 35.2 Å². The molecule has 0 amide bonds. The highest BCUT2D eigenvalue weighted by Crippen LogP contribution is 2.33. The van der Waals surface area contributed by atoms with Crippen molar-refractivity contribution in [3.63, 3.8) is 0 Å². The molecule has 0 spiro atoms. The van der Waals surface area contributed by atoms with Gasteiger partial charge in [0, 0.05) is 6.92 Å². The number of aromatic nitrogens is 6. The Hall–Kier alpha value is -4.67. The molecule has 11 heteroatoms. The fraction of sp³-hybridized carbons (Fsp3) is 0.167. The van der Waals surface area contributed by atoms with Crippen LogP contribution in [0.25, 0.3) is 28.0 Å². The van der Waals surface area contributed by atoms with Crippen LogP contribution in [0, 0.1) is 12.7 Å². The number of aryl methyl sites for hydroxylation is 1. The Kier molecular flexibility index (Phi) is 5.65. The second-order valence-electron chi connectivity index (χ2n) is 7.79. The van der Waals surface area contributed by atoms with Crippen molar-refractivity contribution in [1.82, 2.24) is 29.7 Å². The zero-order valence-corrected chi connectivity index (χ0v) is 18.9. The molecule has 3 N–H and O–H groups in total. The molecule has 10 nitrogen and oxygen atoms in total. The summed E-state index contributed by atoms with van der Waals surface area (Å²) in [5, 5.41) is 11.6. The molecule has 3 heterocycles. The highest BCUT2D eigenvalue weighted by atomic mass is 19.1. The molecule has 0 saturated carbocycles. The highest BCUT2D eigenvalue weighted by molar-refractivity contribution is 5.79. The molecule has 0 bridgehead atoms. The van der Waals surface area contributed by atoms with Gasteiger partial charge in [-0.25, -0.2) is 19.3 Å². The van der Waals surface area contributed by atoms with Crippen LogP contribution >= 0.6 is 0 Å². The minimum Gasteiger partial charge on any atom is -0.421 e. The Morgan fingerprint density at radius 3 is 2.63 bits per heavy atom. The van der Waals surface area contributed by atoms with Crippen molar-refractivity contribution in [2.24, 2.45) is 0 Å². The number of fused-ring (bicyclic) bond motifs is 1. The lowest BCUT2D eigenvalue weighted by Crippen LogP contribution is -2.29. The summed E-state index contributed by atoms with van der Waals surface area (Å²) in [5.41, 5.74) is 6.65. The van der Waals surface area contributed by atoms with Gasteiger partial charge in [0.25, 0.3) is 11.4 Å². The van der Waals surface area contributed by atoms with Gasteiger partial charge in [0.05, 0.1) is 22.6 Å². The largest absolute Gasteiger partial charge is 0.421 e. The number of nitrogens with two attached hydrogens (primary N) is 1. The smallest absolute Gasteiger partial charge is 0.266 e. The zero-order valence-electron chi connectivity index (χ0n) is 18.9.